The van der Waals surface area contributed by atoms with Gasteiger partial charge in [0.25, 0.3) is 0 Å². The maximum atomic E-state index is 12.8. The monoisotopic (exact) mass is 472 g/mol. The van der Waals surface area contributed by atoms with Crippen molar-refractivity contribution < 1.29 is 9.53 Å². The topological polar surface area (TPSA) is 69.0 Å². The molecule has 1 N–H and O–H groups in total. The van der Waals surface area contributed by atoms with Crippen molar-refractivity contribution in [1.82, 2.24) is 14.8 Å². The molecule has 1 amide bonds. The fourth-order valence-electron chi connectivity index (χ4n) is 2.98. The van der Waals surface area contributed by atoms with Crippen molar-refractivity contribution in [3.05, 3.63) is 64.9 Å². The van der Waals surface area contributed by atoms with Gasteiger partial charge in [-0.05, 0) is 56.0 Å². The summed E-state index contributed by atoms with van der Waals surface area (Å²) in [4.78, 5) is 12.8. The van der Waals surface area contributed by atoms with Crippen molar-refractivity contribution in [2.45, 2.75) is 57.7 Å². The third kappa shape index (κ3) is 6.50. The normalized spacial score (nSPS) is 12.1. The van der Waals surface area contributed by atoms with Crippen LogP contribution in [0.25, 0.3) is 0 Å². The first kappa shape index (κ1) is 24.1. The van der Waals surface area contributed by atoms with Crippen molar-refractivity contribution in [3.63, 3.8) is 0 Å². The van der Waals surface area contributed by atoms with E-state index < -0.39 is 0 Å². The van der Waals surface area contributed by atoms with E-state index in [4.69, 9.17) is 16.3 Å². The standard InChI is InChI=1S/C24H29ClN4O2S/c1-16(2)13-14-29-22(15-31-19-9-6-5-7-10-19)27-28-24(29)32-18(4)23(30)26-21-12-8-11-20(25)17(21)3/h5-12,16,18H,13-15H2,1-4H3,(H,26,30). The minimum absolute atomic E-state index is 0.110. The molecule has 0 fully saturated rings. The van der Waals surface area contributed by atoms with Gasteiger partial charge in [0.15, 0.2) is 11.0 Å². The first-order chi connectivity index (χ1) is 15.3. The average molecular weight is 473 g/mol. The summed E-state index contributed by atoms with van der Waals surface area (Å²) in [7, 11) is 0. The Labute approximate surface area is 198 Å². The largest absolute Gasteiger partial charge is 0.486 e. The molecule has 1 atom stereocenters. The van der Waals surface area contributed by atoms with Gasteiger partial charge in [-0.15, -0.1) is 10.2 Å². The van der Waals surface area contributed by atoms with Gasteiger partial charge in [0.1, 0.15) is 12.4 Å². The molecule has 1 aromatic heterocycles. The molecule has 3 aromatic rings. The third-order valence-corrected chi connectivity index (χ3v) is 6.50. The second-order valence-electron chi connectivity index (χ2n) is 8.00. The molecule has 0 aliphatic rings. The fraction of sp³-hybridized carbons (Fsp3) is 0.375. The Hall–Kier alpha value is -2.51. The van der Waals surface area contributed by atoms with Crippen LogP contribution in [0.5, 0.6) is 5.75 Å². The van der Waals surface area contributed by atoms with Crippen LogP contribution >= 0.6 is 23.4 Å². The number of nitrogens with zero attached hydrogens (tertiary/aromatic N) is 3. The van der Waals surface area contributed by atoms with E-state index in [-0.39, 0.29) is 11.2 Å². The zero-order valence-corrected chi connectivity index (χ0v) is 20.4. The maximum absolute atomic E-state index is 12.8. The molecule has 6 nitrogen and oxygen atoms in total. The summed E-state index contributed by atoms with van der Waals surface area (Å²) in [5.41, 5.74) is 1.56. The number of carbonyl (C=O) groups is 1. The lowest BCUT2D eigenvalue weighted by Crippen LogP contribution is -2.23. The van der Waals surface area contributed by atoms with E-state index in [9.17, 15) is 4.79 Å². The van der Waals surface area contributed by atoms with E-state index in [0.29, 0.717) is 28.4 Å². The SMILES string of the molecule is Cc1c(Cl)cccc1NC(=O)C(C)Sc1nnc(COc2ccccc2)n1CCC(C)C. The van der Waals surface area contributed by atoms with Crippen LogP contribution in [-0.4, -0.2) is 25.9 Å². The zero-order chi connectivity index (χ0) is 23.1. The van der Waals surface area contributed by atoms with E-state index >= 15 is 0 Å². The second-order valence-corrected chi connectivity index (χ2v) is 9.71. The number of amides is 1. The summed E-state index contributed by atoms with van der Waals surface area (Å²) in [6, 6.07) is 15.1. The molecule has 0 aliphatic carbocycles. The van der Waals surface area contributed by atoms with Gasteiger partial charge < -0.3 is 14.6 Å². The lowest BCUT2D eigenvalue weighted by atomic mass is 10.1. The summed E-state index contributed by atoms with van der Waals surface area (Å²) >= 11 is 7.56. The van der Waals surface area contributed by atoms with Crippen LogP contribution in [0, 0.1) is 12.8 Å². The fourth-order valence-corrected chi connectivity index (χ4v) is 4.05. The van der Waals surface area contributed by atoms with E-state index in [1.165, 1.54) is 11.8 Å². The molecule has 1 unspecified atom stereocenters. The van der Waals surface area contributed by atoms with Gasteiger partial charge in [0.2, 0.25) is 5.91 Å². The molecule has 0 saturated heterocycles. The average Bonchev–Trinajstić information content (AvgIpc) is 3.15. The van der Waals surface area contributed by atoms with Crippen molar-refractivity contribution in [1.29, 1.82) is 0 Å². The minimum Gasteiger partial charge on any atom is -0.486 e. The Kier molecular flexibility index (Phi) is 8.59. The highest BCUT2D eigenvalue weighted by atomic mass is 35.5. The molecule has 0 spiro atoms. The summed E-state index contributed by atoms with van der Waals surface area (Å²) in [6.07, 6.45) is 0.978. The number of halogens is 1. The van der Waals surface area contributed by atoms with Crippen LogP contribution in [0.15, 0.2) is 53.7 Å². The highest BCUT2D eigenvalue weighted by Crippen LogP contribution is 2.27. The lowest BCUT2D eigenvalue weighted by Gasteiger charge is -2.16. The molecule has 32 heavy (non-hydrogen) atoms. The second kappa shape index (κ2) is 11.4. The smallest absolute Gasteiger partial charge is 0.237 e. The van der Waals surface area contributed by atoms with Crippen LogP contribution in [0.1, 0.15) is 38.6 Å². The van der Waals surface area contributed by atoms with Gasteiger partial charge >= 0.3 is 0 Å². The number of aromatic nitrogens is 3. The van der Waals surface area contributed by atoms with Crippen LogP contribution in [0.4, 0.5) is 5.69 Å². The Morgan fingerprint density at radius 3 is 2.59 bits per heavy atom. The number of carbonyl (C=O) groups excluding carboxylic acids is 1. The number of para-hydroxylation sites is 1. The quantitative estimate of drug-likeness (QED) is 0.367. The first-order valence-electron chi connectivity index (χ1n) is 10.7. The summed E-state index contributed by atoms with van der Waals surface area (Å²) in [5, 5.41) is 12.7. The van der Waals surface area contributed by atoms with E-state index in [0.717, 1.165) is 30.1 Å². The molecular weight excluding hydrogens is 444 g/mol. The highest BCUT2D eigenvalue weighted by molar-refractivity contribution is 8.00. The van der Waals surface area contributed by atoms with E-state index in [2.05, 4.69) is 33.9 Å². The molecular formula is C24H29ClN4O2S. The molecule has 2 aromatic carbocycles. The molecule has 1 heterocycles. The van der Waals surface area contributed by atoms with Crippen molar-refractivity contribution >= 4 is 35.0 Å². The van der Waals surface area contributed by atoms with Crippen LogP contribution in [-0.2, 0) is 17.9 Å². The molecule has 0 saturated carbocycles. The van der Waals surface area contributed by atoms with Crippen LogP contribution in [0.3, 0.4) is 0 Å². The number of thioether (sulfide) groups is 1. The Morgan fingerprint density at radius 2 is 1.88 bits per heavy atom. The van der Waals surface area contributed by atoms with Gasteiger partial charge in [-0.1, -0.05) is 61.5 Å². The Balaban J connectivity index is 1.71. The number of ether oxygens (including phenoxy) is 1. The number of nitrogens with one attached hydrogen (secondary N) is 1. The lowest BCUT2D eigenvalue weighted by molar-refractivity contribution is -0.115. The molecule has 170 valence electrons. The van der Waals surface area contributed by atoms with Crippen LogP contribution in [0.2, 0.25) is 5.02 Å². The molecule has 0 aliphatic heterocycles. The summed E-state index contributed by atoms with van der Waals surface area (Å²) < 4.78 is 7.94. The summed E-state index contributed by atoms with van der Waals surface area (Å²) in [6.45, 7) is 9.19. The number of anilines is 1. The molecule has 0 bridgehead atoms. The molecule has 0 radical (unpaired) electrons. The maximum Gasteiger partial charge on any atom is 0.237 e. The summed E-state index contributed by atoms with van der Waals surface area (Å²) in [5.74, 6) is 1.95. The predicted octanol–water partition coefficient (Wildman–Crippen LogP) is 5.98. The van der Waals surface area contributed by atoms with E-state index in [1.54, 1.807) is 6.07 Å². The highest BCUT2D eigenvalue weighted by Gasteiger charge is 2.21. The van der Waals surface area contributed by atoms with Gasteiger partial charge in [-0.25, -0.2) is 0 Å². The van der Waals surface area contributed by atoms with Gasteiger partial charge in [0.05, 0.1) is 5.25 Å². The van der Waals surface area contributed by atoms with Crippen molar-refractivity contribution in [3.8, 4) is 5.75 Å². The Morgan fingerprint density at radius 1 is 1.12 bits per heavy atom. The number of rotatable bonds is 10. The van der Waals surface area contributed by atoms with Crippen LogP contribution < -0.4 is 10.1 Å². The van der Waals surface area contributed by atoms with E-state index in [1.807, 2.05) is 56.3 Å². The number of hydrogen-bond acceptors (Lipinski definition) is 5. The first-order valence-corrected chi connectivity index (χ1v) is 11.9. The number of hydrogen-bond donors (Lipinski definition) is 1. The third-order valence-electron chi connectivity index (χ3n) is 5.01. The minimum atomic E-state index is -0.363. The van der Waals surface area contributed by atoms with Gasteiger partial charge in [0, 0.05) is 17.3 Å². The predicted molar refractivity (Wildman–Crippen MR) is 130 cm³/mol. The van der Waals surface area contributed by atoms with Crippen molar-refractivity contribution in [2.24, 2.45) is 5.92 Å². The molecule has 3 rings (SSSR count). The van der Waals surface area contributed by atoms with Gasteiger partial charge in [-0.2, -0.15) is 0 Å². The number of benzene rings is 2. The zero-order valence-electron chi connectivity index (χ0n) is 18.8. The molecule has 8 heteroatoms. The van der Waals surface area contributed by atoms with Gasteiger partial charge in [-0.3, -0.25) is 4.79 Å². The van der Waals surface area contributed by atoms with Crippen molar-refractivity contribution in [2.75, 3.05) is 5.32 Å². The Bertz CT molecular complexity index is 1040.